The number of nitriles is 1. The van der Waals surface area contributed by atoms with Crippen molar-refractivity contribution in [1.29, 1.82) is 5.26 Å². The summed E-state index contributed by atoms with van der Waals surface area (Å²) in [4.78, 5) is 11.7. The fraction of sp³-hybridized carbons (Fsp3) is 0.429. The number of fused-ring (bicyclic) bond motifs is 1. The molecule has 0 saturated heterocycles. The molecule has 0 atom stereocenters. The van der Waals surface area contributed by atoms with Crippen molar-refractivity contribution in [3.05, 3.63) is 28.3 Å². The van der Waals surface area contributed by atoms with E-state index in [1.54, 1.807) is 6.07 Å². The Morgan fingerprint density at radius 2 is 2.11 bits per heavy atom. The zero-order chi connectivity index (χ0) is 13.1. The van der Waals surface area contributed by atoms with E-state index in [2.05, 4.69) is 6.07 Å². The van der Waals surface area contributed by atoms with Crippen molar-refractivity contribution in [2.45, 2.75) is 32.1 Å². The average Bonchev–Trinajstić information content (AvgIpc) is 2.62. The molecule has 0 heterocycles. The summed E-state index contributed by atoms with van der Waals surface area (Å²) in [6, 6.07) is 3.93. The predicted molar refractivity (Wildman–Crippen MR) is 68.2 cm³/mol. The Morgan fingerprint density at radius 3 is 2.78 bits per heavy atom. The van der Waals surface area contributed by atoms with Crippen molar-refractivity contribution in [2.75, 3.05) is 12.8 Å². The van der Waals surface area contributed by atoms with Crippen molar-refractivity contribution >= 4 is 11.7 Å². The van der Waals surface area contributed by atoms with E-state index in [0.717, 1.165) is 43.2 Å². The van der Waals surface area contributed by atoms with Crippen LogP contribution in [0.4, 0.5) is 5.69 Å². The van der Waals surface area contributed by atoms with Crippen LogP contribution >= 0.6 is 0 Å². The molecule has 4 heteroatoms. The molecule has 0 fully saturated rings. The zero-order valence-electron chi connectivity index (χ0n) is 10.5. The van der Waals surface area contributed by atoms with E-state index in [0.29, 0.717) is 11.1 Å². The van der Waals surface area contributed by atoms with Gasteiger partial charge in [-0.25, -0.2) is 4.79 Å². The quantitative estimate of drug-likeness (QED) is 0.466. The number of nitrogens with two attached hydrogens (primary N) is 1. The molecule has 0 amide bonds. The molecule has 0 spiro atoms. The number of anilines is 1. The number of nitrogens with zero attached hydrogens (tertiary/aromatic N) is 1. The Balaban J connectivity index is 2.63. The van der Waals surface area contributed by atoms with Crippen molar-refractivity contribution in [2.24, 2.45) is 0 Å². The van der Waals surface area contributed by atoms with E-state index in [1.807, 2.05) is 0 Å². The van der Waals surface area contributed by atoms with Gasteiger partial charge < -0.3 is 10.5 Å². The van der Waals surface area contributed by atoms with E-state index in [4.69, 9.17) is 10.5 Å². The summed E-state index contributed by atoms with van der Waals surface area (Å²) in [5.74, 6) is -0.476. The van der Waals surface area contributed by atoms with E-state index >= 15 is 0 Å². The highest BCUT2D eigenvalue weighted by Crippen LogP contribution is 2.30. The summed E-state index contributed by atoms with van der Waals surface area (Å²) in [6.07, 6.45) is 5.06. The van der Waals surface area contributed by atoms with Crippen LogP contribution in [0.3, 0.4) is 0 Å². The molecule has 0 aliphatic heterocycles. The van der Waals surface area contributed by atoms with Crippen LogP contribution in [0.2, 0.25) is 0 Å². The first-order chi connectivity index (χ1) is 8.69. The number of rotatable bonds is 1. The molecule has 2 rings (SSSR count). The van der Waals surface area contributed by atoms with Gasteiger partial charge in [-0.15, -0.1) is 0 Å². The largest absolute Gasteiger partial charge is 0.465 e. The molecule has 0 saturated carbocycles. The van der Waals surface area contributed by atoms with Gasteiger partial charge >= 0.3 is 5.97 Å². The first kappa shape index (κ1) is 12.4. The molecule has 0 radical (unpaired) electrons. The maximum absolute atomic E-state index is 11.7. The third kappa shape index (κ3) is 2.04. The lowest BCUT2D eigenvalue weighted by Gasteiger charge is -2.13. The number of ether oxygens (including phenoxy) is 1. The fourth-order valence-electron chi connectivity index (χ4n) is 2.51. The van der Waals surface area contributed by atoms with E-state index in [9.17, 15) is 10.1 Å². The minimum Gasteiger partial charge on any atom is -0.465 e. The lowest BCUT2D eigenvalue weighted by molar-refractivity contribution is 0.0602. The molecule has 0 bridgehead atoms. The molecule has 0 unspecified atom stereocenters. The highest BCUT2D eigenvalue weighted by molar-refractivity contribution is 5.97. The molecular weight excluding hydrogens is 228 g/mol. The maximum Gasteiger partial charge on any atom is 0.340 e. The van der Waals surface area contributed by atoms with E-state index in [-0.39, 0.29) is 5.69 Å². The number of hydrogen-bond acceptors (Lipinski definition) is 4. The molecule has 4 nitrogen and oxygen atoms in total. The molecule has 1 aromatic rings. The molecule has 94 valence electrons. The summed E-state index contributed by atoms with van der Waals surface area (Å²) < 4.78 is 4.71. The summed E-state index contributed by atoms with van der Waals surface area (Å²) in [5, 5.41) is 9.26. The first-order valence-corrected chi connectivity index (χ1v) is 6.11. The van der Waals surface area contributed by atoms with Crippen molar-refractivity contribution in [3.8, 4) is 6.07 Å². The van der Waals surface area contributed by atoms with Crippen LogP contribution in [-0.2, 0) is 17.6 Å². The molecule has 18 heavy (non-hydrogen) atoms. The summed E-state index contributed by atoms with van der Waals surface area (Å²) in [6.45, 7) is 0. The van der Waals surface area contributed by atoms with Gasteiger partial charge in [0.15, 0.2) is 0 Å². The molecule has 1 aliphatic rings. The van der Waals surface area contributed by atoms with Gasteiger partial charge in [-0.3, -0.25) is 0 Å². The second-order valence-electron chi connectivity index (χ2n) is 4.51. The topological polar surface area (TPSA) is 76.1 Å². The van der Waals surface area contributed by atoms with Gasteiger partial charge in [0.1, 0.15) is 6.07 Å². The summed E-state index contributed by atoms with van der Waals surface area (Å²) >= 11 is 0. The Bertz CT molecular complexity index is 530. The number of esters is 1. The fourth-order valence-corrected chi connectivity index (χ4v) is 2.51. The van der Waals surface area contributed by atoms with Crippen LogP contribution in [0.25, 0.3) is 0 Å². The molecule has 0 aromatic heterocycles. The van der Waals surface area contributed by atoms with Gasteiger partial charge in [0.05, 0.1) is 23.9 Å². The number of hydrogen-bond donors (Lipinski definition) is 1. The second-order valence-corrected chi connectivity index (χ2v) is 4.51. The van der Waals surface area contributed by atoms with Crippen LogP contribution in [0.15, 0.2) is 6.07 Å². The van der Waals surface area contributed by atoms with Gasteiger partial charge in [-0.05, 0) is 42.9 Å². The highest BCUT2D eigenvalue weighted by atomic mass is 16.5. The van der Waals surface area contributed by atoms with Crippen molar-refractivity contribution < 1.29 is 9.53 Å². The number of benzene rings is 1. The zero-order valence-corrected chi connectivity index (χ0v) is 10.5. The average molecular weight is 244 g/mol. The van der Waals surface area contributed by atoms with Gasteiger partial charge in [-0.1, -0.05) is 6.42 Å². The normalized spacial score (nSPS) is 14.2. The van der Waals surface area contributed by atoms with Gasteiger partial charge in [-0.2, -0.15) is 5.26 Å². The van der Waals surface area contributed by atoms with E-state index in [1.165, 1.54) is 7.11 Å². The molecule has 2 N–H and O–H groups in total. The number of carbonyl (C=O) groups excluding carboxylic acids is 1. The first-order valence-electron chi connectivity index (χ1n) is 6.11. The predicted octanol–water partition coefficient (Wildman–Crippen LogP) is 2.20. The number of methoxy groups -OCH3 is 1. The number of aryl methyl sites for hydroxylation is 1. The second kappa shape index (κ2) is 5.09. The Kier molecular flexibility index (Phi) is 3.52. The molecule has 1 aromatic carbocycles. The lowest BCUT2D eigenvalue weighted by atomic mass is 9.93. The standard InChI is InChI=1S/C14H16N2O2/c1-18-14(17)11-7-9-5-3-2-4-6-10(9)12(8-15)13(11)16/h7H,2-6,16H2,1H3. The Morgan fingerprint density at radius 1 is 1.39 bits per heavy atom. The maximum atomic E-state index is 11.7. The number of carbonyl (C=O) groups is 1. The Hall–Kier alpha value is -2.02. The van der Waals surface area contributed by atoms with Crippen LogP contribution in [0.5, 0.6) is 0 Å². The van der Waals surface area contributed by atoms with Crippen molar-refractivity contribution in [3.63, 3.8) is 0 Å². The van der Waals surface area contributed by atoms with E-state index < -0.39 is 5.97 Å². The summed E-state index contributed by atoms with van der Waals surface area (Å²) in [5.41, 5.74) is 9.03. The summed E-state index contributed by atoms with van der Waals surface area (Å²) in [7, 11) is 1.32. The van der Waals surface area contributed by atoms with Crippen LogP contribution < -0.4 is 5.73 Å². The van der Waals surface area contributed by atoms with Gasteiger partial charge in [0.25, 0.3) is 0 Å². The minimum absolute atomic E-state index is 0.255. The SMILES string of the molecule is COC(=O)c1cc2c(c(C#N)c1N)CCCCC2. The van der Waals surface area contributed by atoms with Gasteiger partial charge in [0.2, 0.25) is 0 Å². The highest BCUT2D eigenvalue weighted by Gasteiger charge is 2.21. The lowest BCUT2D eigenvalue weighted by Crippen LogP contribution is -2.11. The van der Waals surface area contributed by atoms with Crippen molar-refractivity contribution in [1.82, 2.24) is 0 Å². The van der Waals surface area contributed by atoms with Crippen LogP contribution in [0, 0.1) is 11.3 Å². The van der Waals surface area contributed by atoms with Gasteiger partial charge in [0, 0.05) is 0 Å². The molecular formula is C14H16N2O2. The Labute approximate surface area is 106 Å². The number of nitrogen functional groups attached to an aromatic ring is 1. The molecule has 1 aliphatic carbocycles. The van der Waals surface area contributed by atoms with Crippen LogP contribution in [-0.4, -0.2) is 13.1 Å². The third-order valence-corrected chi connectivity index (χ3v) is 3.46. The van der Waals surface area contributed by atoms with Crippen LogP contribution in [0.1, 0.15) is 46.3 Å². The smallest absolute Gasteiger partial charge is 0.340 e. The minimum atomic E-state index is -0.476. The monoisotopic (exact) mass is 244 g/mol. The third-order valence-electron chi connectivity index (χ3n) is 3.46.